The van der Waals surface area contributed by atoms with Crippen molar-refractivity contribution in [3.05, 3.63) is 53.1 Å². The maximum absolute atomic E-state index is 14.5. The zero-order chi connectivity index (χ0) is 40.3. The predicted octanol–water partition coefficient (Wildman–Crippen LogP) is 8.65. The Morgan fingerprint density at radius 2 is 1.47 bits per heavy atom. The molecule has 2 saturated heterocycles. The van der Waals surface area contributed by atoms with Crippen molar-refractivity contribution in [1.29, 1.82) is 0 Å². The van der Waals surface area contributed by atoms with Crippen LogP contribution >= 0.6 is 0 Å². The number of nitrogens with one attached hydrogen (secondary N) is 2. The zero-order valence-corrected chi connectivity index (χ0v) is 36.0. The van der Waals surface area contributed by atoms with Crippen LogP contribution in [0.2, 0.25) is 0 Å². The van der Waals surface area contributed by atoms with Crippen molar-refractivity contribution in [3.8, 4) is 11.1 Å². The van der Waals surface area contributed by atoms with E-state index in [9.17, 15) is 14.4 Å². The minimum absolute atomic E-state index is 0.0356. The molecule has 3 unspecified atom stereocenters. The van der Waals surface area contributed by atoms with Gasteiger partial charge in [-0.25, -0.2) is 0 Å². The molecule has 0 radical (unpaired) electrons. The second-order valence-corrected chi connectivity index (χ2v) is 17.9. The van der Waals surface area contributed by atoms with E-state index in [1.165, 1.54) is 56.9 Å². The Morgan fingerprint density at radius 1 is 0.842 bits per heavy atom. The summed E-state index contributed by atoms with van der Waals surface area (Å²) in [7, 11) is 0. The van der Waals surface area contributed by atoms with Crippen molar-refractivity contribution in [1.82, 2.24) is 20.4 Å². The molecule has 9 heteroatoms. The summed E-state index contributed by atoms with van der Waals surface area (Å²) >= 11 is 0. The number of morpholine rings is 1. The third-order valence-electron chi connectivity index (χ3n) is 13.8. The molecule has 0 bridgehead atoms. The van der Waals surface area contributed by atoms with Crippen LogP contribution in [0.4, 0.5) is 5.69 Å². The normalized spacial score (nSPS) is 26.0. The average Bonchev–Trinajstić information content (AvgIpc) is 3.26. The van der Waals surface area contributed by atoms with E-state index in [2.05, 4.69) is 89.4 Å². The smallest absolute Gasteiger partial charge is 0.251 e. The fraction of sp³-hybridized carbons (Fsp3) is 0.688. The molecule has 2 aliphatic heterocycles. The molecule has 2 saturated carbocycles. The number of anilines is 1. The quantitative estimate of drug-likeness (QED) is 0.237. The molecular weight excluding hydrogens is 711 g/mol. The SMILES string of the molecule is CCN(c1cc(-c2ccc(CN3CCOCC3)cc2)cc(C(=O)NCC2C(=O)N(C3CCCCCCCCCC3)C(C)CC2C)c1C)C1CCC(NC(C)=O)CC1. The maximum atomic E-state index is 14.5. The Hall–Kier alpha value is -3.43. The van der Waals surface area contributed by atoms with E-state index in [1.54, 1.807) is 6.92 Å². The van der Waals surface area contributed by atoms with Gasteiger partial charge < -0.3 is 25.2 Å². The number of carbonyl (C=O) groups excluding carboxylic acids is 3. The number of ether oxygens (including phenoxy) is 1. The van der Waals surface area contributed by atoms with E-state index >= 15 is 0 Å². The Kier molecular flexibility index (Phi) is 15.9. The van der Waals surface area contributed by atoms with Gasteiger partial charge in [-0.05, 0) is 106 Å². The lowest BCUT2D eigenvalue weighted by Crippen LogP contribution is -2.56. The summed E-state index contributed by atoms with van der Waals surface area (Å²) in [6.07, 6.45) is 17.2. The maximum Gasteiger partial charge on any atom is 0.251 e. The molecular formula is C48H73N5O4. The number of likely N-dealkylation sites (tertiary alicyclic amines) is 1. The van der Waals surface area contributed by atoms with Crippen molar-refractivity contribution in [3.63, 3.8) is 0 Å². The van der Waals surface area contributed by atoms with Gasteiger partial charge in [-0.1, -0.05) is 82.6 Å². The second-order valence-electron chi connectivity index (χ2n) is 17.9. The van der Waals surface area contributed by atoms with Crippen molar-refractivity contribution >= 4 is 23.4 Å². The summed E-state index contributed by atoms with van der Waals surface area (Å²) in [5.41, 5.74) is 6.13. The van der Waals surface area contributed by atoms with Crippen LogP contribution in [0.3, 0.4) is 0 Å². The molecule has 4 aliphatic rings. The zero-order valence-electron chi connectivity index (χ0n) is 36.0. The third kappa shape index (κ3) is 11.4. The fourth-order valence-corrected chi connectivity index (χ4v) is 10.5. The number of hydrogen-bond acceptors (Lipinski definition) is 6. The van der Waals surface area contributed by atoms with Gasteiger partial charge in [0.05, 0.1) is 19.1 Å². The van der Waals surface area contributed by atoms with Gasteiger partial charge in [0, 0.05) is 75.1 Å². The summed E-state index contributed by atoms with van der Waals surface area (Å²) < 4.78 is 5.56. The topological polar surface area (TPSA) is 94.2 Å². The van der Waals surface area contributed by atoms with Crippen LogP contribution in [0.15, 0.2) is 36.4 Å². The van der Waals surface area contributed by atoms with Gasteiger partial charge in [0.25, 0.3) is 5.91 Å². The first-order valence-corrected chi connectivity index (χ1v) is 22.8. The Labute approximate surface area is 344 Å². The number of benzene rings is 2. The monoisotopic (exact) mass is 784 g/mol. The molecule has 3 amide bonds. The number of piperidine rings is 1. The second kappa shape index (κ2) is 21.0. The van der Waals surface area contributed by atoms with Crippen LogP contribution in [0.1, 0.15) is 145 Å². The van der Waals surface area contributed by atoms with Crippen LogP contribution in [0.25, 0.3) is 11.1 Å². The molecule has 2 heterocycles. The van der Waals surface area contributed by atoms with Crippen LogP contribution < -0.4 is 15.5 Å². The van der Waals surface area contributed by atoms with Crippen molar-refractivity contribution in [2.45, 2.75) is 162 Å². The number of hydrogen-bond donors (Lipinski definition) is 2. The molecule has 2 N–H and O–H groups in total. The van der Waals surface area contributed by atoms with Gasteiger partial charge in [-0.2, -0.15) is 0 Å². The summed E-state index contributed by atoms with van der Waals surface area (Å²) in [5, 5.41) is 6.45. The van der Waals surface area contributed by atoms with E-state index < -0.39 is 0 Å². The molecule has 4 fully saturated rings. The summed E-state index contributed by atoms with van der Waals surface area (Å²) in [6.45, 7) is 15.9. The number of nitrogens with zero attached hydrogens (tertiary/aromatic N) is 3. The minimum atomic E-state index is -0.226. The number of carbonyl (C=O) groups is 3. The lowest BCUT2D eigenvalue weighted by atomic mass is 9.81. The number of rotatable bonds is 11. The first-order valence-electron chi connectivity index (χ1n) is 22.8. The molecule has 2 aromatic rings. The van der Waals surface area contributed by atoms with Gasteiger partial charge in [0.15, 0.2) is 0 Å². The summed E-state index contributed by atoms with van der Waals surface area (Å²) in [5.74, 6) is 0.139. The van der Waals surface area contributed by atoms with Crippen molar-refractivity contribution < 1.29 is 19.1 Å². The van der Waals surface area contributed by atoms with E-state index in [4.69, 9.17) is 4.74 Å². The largest absolute Gasteiger partial charge is 0.379 e. The van der Waals surface area contributed by atoms with E-state index in [-0.39, 0.29) is 41.6 Å². The first-order chi connectivity index (χ1) is 27.6. The van der Waals surface area contributed by atoms with Crippen molar-refractivity contribution in [2.24, 2.45) is 11.8 Å². The molecule has 0 spiro atoms. The molecule has 2 aromatic carbocycles. The molecule has 6 rings (SSSR count). The number of amides is 3. The summed E-state index contributed by atoms with van der Waals surface area (Å²) in [6, 6.07) is 14.2. The van der Waals surface area contributed by atoms with Crippen LogP contribution in [0.5, 0.6) is 0 Å². The van der Waals surface area contributed by atoms with Crippen molar-refractivity contribution in [2.75, 3.05) is 44.3 Å². The average molecular weight is 784 g/mol. The van der Waals surface area contributed by atoms with Gasteiger partial charge in [0.2, 0.25) is 11.8 Å². The highest BCUT2D eigenvalue weighted by Crippen LogP contribution is 2.37. The van der Waals surface area contributed by atoms with Crippen LogP contribution in [-0.2, 0) is 20.9 Å². The van der Waals surface area contributed by atoms with E-state index in [0.717, 1.165) is 107 Å². The van der Waals surface area contributed by atoms with E-state index in [1.807, 2.05) is 0 Å². The van der Waals surface area contributed by atoms with Crippen LogP contribution in [-0.4, -0.2) is 91.1 Å². The van der Waals surface area contributed by atoms with E-state index in [0.29, 0.717) is 24.2 Å². The molecule has 3 atom stereocenters. The third-order valence-corrected chi connectivity index (χ3v) is 13.8. The molecule has 0 aromatic heterocycles. The molecule has 9 nitrogen and oxygen atoms in total. The fourth-order valence-electron chi connectivity index (χ4n) is 10.5. The highest BCUT2D eigenvalue weighted by atomic mass is 16.5. The highest BCUT2D eigenvalue weighted by Gasteiger charge is 2.41. The Morgan fingerprint density at radius 3 is 2.09 bits per heavy atom. The lowest BCUT2D eigenvalue weighted by molar-refractivity contribution is -0.147. The minimum Gasteiger partial charge on any atom is -0.379 e. The molecule has 314 valence electrons. The van der Waals surface area contributed by atoms with Gasteiger partial charge in [0.1, 0.15) is 0 Å². The molecule has 57 heavy (non-hydrogen) atoms. The molecule has 2 aliphatic carbocycles. The van der Waals surface area contributed by atoms with Gasteiger partial charge in [-0.3, -0.25) is 19.3 Å². The van der Waals surface area contributed by atoms with Crippen LogP contribution in [0, 0.1) is 18.8 Å². The highest BCUT2D eigenvalue weighted by molar-refractivity contribution is 5.99. The Balaban J connectivity index is 1.23. The van der Waals surface area contributed by atoms with Gasteiger partial charge >= 0.3 is 0 Å². The predicted molar refractivity (Wildman–Crippen MR) is 231 cm³/mol. The standard InChI is InChI=1S/C48H73N5O4/c1-6-52(42-23-21-41(22-24-42)50-37(5)54)46-31-40(39-19-17-38(18-20-39)33-51-25-27-57-28-26-51)30-44(36(46)4)47(55)49-32-45-34(2)29-35(3)53(48(45)56)43-15-13-11-9-7-8-10-12-14-16-43/h17-20,30-31,34-35,41-43,45H,6-16,21-29,32-33H2,1-5H3,(H,49,55)(H,50,54). The van der Waals surface area contributed by atoms with Gasteiger partial charge in [-0.15, -0.1) is 0 Å². The first kappa shape index (κ1) is 43.2. The lowest BCUT2D eigenvalue weighted by Gasteiger charge is -2.45. The Bertz CT molecular complexity index is 1600. The summed E-state index contributed by atoms with van der Waals surface area (Å²) in [4.78, 5) is 47.9.